The van der Waals surface area contributed by atoms with Crippen LogP contribution in [0.3, 0.4) is 0 Å². The van der Waals surface area contributed by atoms with Gasteiger partial charge in [-0.15, -0.1) is 0 Å². The van der Waals surface area contributed by atoms with Crippen molar-refractivity contribution in [1.82, 2.24) is 4.31 Å². The molecule has 1 aliphatic heterocycles. The number of ether oxygens (including phenoxy) is 1. The van der Waals surface area contributed by atoms with Gasteiger partial charge in [-0.25, -0.2) is 12.8 Å². The second-order valence-electron chi connectivity index (χ2n) is 5.50. The Morgan fingerprint density at radius 2 is 1.91 bits per heavy atom. The third-order valence-corrected chi connectivity index (χ3v) is 6.02. The number of nitrogens with zero attached hydrogens (tertiary/aromatic N) is 1. The lowest BCUT2D eigenvalue weighted by Gasteiger charge is -2.24. The summed E-state index contributed by atoms with van der Waals surface area (Å²) in [4.78, 5) is 0.119. The van der Waals surface area contributed by atoms with E-state index in [0.717, 1.165) is 18.4 Å². The summed E-state index contributed by atoms with van der Waals surface area (Å²) < 4.78 is 45.5. The molecule has 0 amide bonds. The third-order valence-electron chi connectivity index (χ3n) is 4.10. The molecule has 0 aliphatic carbocycles. The molecular weight excluding hydrogens is 317 g/mol. The van der Waals surface area contributed by atoms with E-state index in [1.807, 2.05) is 24.3 Å². The van der Waals surface area contributed by atoms with Crippen molar-refractivity contribution >= 4 is 10.0 Å². The van der Waals surface area contributed by atoms with E-state index in [1.165, 1.54) is 28.6 Å². The topological polar surface area (TPSA) is 46.6 Å². The van der Waals surface area contributed by atoms with Gasteiger partial charge in [0.2, 0.25) is 10.0 Å². The lowest BCUT2D eigenvalue weighted by Crippen LogP contribution is -2.30. The Morgan fingerprint density at radius 1 is 1.17 bits per heavy atom. The first-order valence-corrected chi connectivity index (χ1v) is 8.88. The maximum absolute atomic E-state index is 13.1. The Hall–Kier alpha value is -1.92. The van der Waals surface area contributed by atoms with Crippen molar-refractivity contribution in [3.8, 4) is 5.75 Å². The van der Waals surface area contributed by atoms with Crippen molar-refractivity contribution in [2.45, 2.75) is 23.8 Å². The minimum Gasteiger partial charge on any atom is -0.497 e. The molecule has 1 fully saturated rings. The fourth-order valence-corrected chi connectivity index (χ4v) is 4.63. The lowest BCUT2D eigenvalue weighted by atomic mass is 10.1. The van der Waals surface area contributed by atoms with E-state index >= 15 is 0 Å². The van der Waals surface area contributed by atoms with E-state index in [4.69, 9.17) is 4.74 Å². The molecule has 1 aliphatic rings. The highest BCUT2D eigenvalue weighted by molar-refractivity contribution is 7.89. The standard InChI is InChI=1S/C17H18FNO3S/c1-22-15-5-2-4-13(12-15)17-6-3-11-19(17)23(20,21)16-9-7-14(18)8-10-16/h2,4-5,7-10,12,17H,3,6,11H2,1H3. The van der Waals surface area contributed by atoms with E-state index in [-0.39, 0.29) is 10.9 Å². The molecule has 0 bridgehead atoms. The zero-order valence-electron chi connectivity index (χ0n) is 12.8. The molecule has 6 heteroatoms. The highest BCUT2D eigenvalue weighted by Crippen LogP contribution is 2.37. The molecule has 0 radical (unpaired) electrons. The molecule has 1 heterocycles. The number of sulfonamides is 1. The smallest absolute Gasteiger partial charge is 0.243 e. The molecule has 2 aromatic carbocycles. The van der Waals surface area contributed by atoms with E-state index in [9.17, 15) is 12.8 Å². The summed E-state index contributed by atoms with van der Waals surface area (Å²) in [6.07, 6.45) is 1.55. The summed E-state index contributed by atoms with van der Waals surface area (Å²) in [6.45, 7) is 0.460. The minimum atomic E-state index is -3.65. The molecule has 3 rings (SSSR count). The Balaban J connectivity index is 1.96. The summed E-state index contributed by atoms with van der Waals surface area (Å²) in [5.74, 6) is 0.253. The number of benzene rings is 2. The monoisotopic (exact) mass is 335 g/mol. The Morgan fingerprint density at radius 3 is 2.61 bits per heavy atom. The molecular formula is C17H18FNO3S. The first-order chi connectivity index (χ1) is 11.0. The average Bonchev–Trinajstić information content (AvgIpc) is 3.06. The van der Waals surface area contributed by atoms with Crippen LogP contribution >= 0.6 is 0 Å². The molecule has 1 atom stereocenters. The van der Waals surface area contributed by atoms with Gasteiger partial charge >= 0.3 is 0 Å². The van der Waals surface area contributed by atoms with E-state index in [2.05, 4.69) is 0 Å². The van der Waals surface area contributed by atoms with Crippen LogP contribution < -0.4 is 4.74 Å². The van der Waals surface area contributed by atoms with Gasteiger partial charge in [-0.1, -0.05) is 12.1 Å². The van der Waals surface area contributed by atoms with Crippen LogP contribution in [0.1, 0.15) is 24.4 Å². The van der Waals surface area contributed by atoms with Crippen molar-refractivity contribution in [1.29, 1.82) is 0 Å². The Kier molecular flexibility index (Phi) is 4.37. The van der Waals surface area contributed by atoms with Crippen LogP contribution in [0.2, 0.25) is 0 Å². The maximum Gasteiger partial charge on any atom is 0.243 e. The van der Waals surface area contributed by atoms with E-state index < -0.39 is 15.8 Å². The molecule has 0 spiro atoms. The second-order valence-corrected chi connectivity index (χ2v) is 7.39. The van der Waals surface area contributed by atoms with Gasteiger partial charge < -0.3 is 4.74 Å². The maximum atomic E-state index is 13.1. The van der Waals surface area contributed by atoms with Crippen molar-refractivity contribution in [2.75, 3.05) is 13.7 Å². The van der Waals surface area contributed by atoms with Crippen LogP contribution in [0.4, 0.5) is 4.39 Å². The average molecular weight is 335 g/mol. The first-order valence-electron chi connectivity index (χ1n) is 7.44. The second kappa shape index (κ2) is 6.29. The molecule has 1 saturated heterocycles. The molecule has 122 valence electrons. The van der Waals surface area contributed by atoms with Gasteiger partial charge in [0.05, 0.1) is 18.0 Å². The highest BCUT2D eigenvalue weighted by atomic mass is 32.2. The zero-order valence-corrected chi connectivity index (χ0v) is 13.6. The van der Waals surface area contributed by atoms with E-state index in [0.29, 0.717) is 12.3 Å². The summed E-state index contributed by atoms with van der Waals surface area (Å²) >= 11 is 0. The van der Waals surface area contributed by atoms with Crippen molar-refractivity contribution < 1.29 is 17.5 Å². The van der Waals surface area contributed by atoms with Crippen molar-refractivity contribution in [3.05, 3.63) is 59.9 Å². The van der Waals surface area contributed by atoms with Crippen molar-refractivity contribution in [2.24, 2.45) is 0 Å². The van der Waals surface area contributed by atoms with Gasteiger partial charge in [-0.2, -0.15) is 4.31 Å². The van der Waals surface area contributed by atoms with Crippen LogP contribution in [0, 0.1) is 5.82 Å². The van der Waals surface area contributed by atoms with Gasteiger partial charge in [-0.05, 0) is 54.8 Å². The Labute approximate surface area is 135 Å². The quantitative estimate of drug-likeness (QED) is 0.861. The molecule has 23 heavy (non-hydrogen) atoms. The summed E-state index contributed by atoms with van der Waals surface area (Å²) in [5.41, 5.74) is 0.910. The SMILES string of the molecule is COc1cccc(C2CCCN2S(=O)(=O)c2ccc(F)cc2)c1. The Bertz CT molecular complexity index is 790. The van der Waals surface area contributed by atoms with Gasteiger partial charge in [0.1, 0.15) is 11.6 Å². The predicted octanol–water partition coefficient (Wildman–Crippen LogP) is 3.36. The molecule has 0 aromatic heterocycles. The fourth-order valence-electron chi connectivity index (χ4n) is 2.95. The third kappa shape index (κ3) is 3.09. The number of hydrogen-bond acceptors (Lipinski definition) is 3. The molecule has 1 unspecified atom stereocenters. The van der Waals surface area contributed by atoms with E-state index in [1.54, 1.807) is 7.11 Å². The van der Waals surface area contributed by atoms with Crippen molar-refractivity contribution in [3.63, 3.8) is 0 Å². The summed E-state index contributed by atoms with van der Waals surface area (Å²) in [6, 6.07) is 12.2. The molecule has 0 N–H and O–H groups in total. The van der Waals surface area contributed by atoms with Crippen LogP contribution in [-0.2, 0) is 10.0 Å². The van der Waals surface area contributed by atoms with Gasteiger partial charge in [0, 0.05) is 6.54 Å². The van der Waals surface area contributed by atoms with Crippen LogP contribution in [0.5, 0.6) is 5.75 Å². The highest BCUT2D eigenvalue weighted by Gasteiger charge is 2.36. The van der Waals surface area contributed by atoms with Gasteiger partial charge in [0.15, 0.2) is 0 Å². The van der Waals surface area contributed by atoms with Crippen LogP contribution in [0.25, 0.3) is 0 Å². The molecule has 4 nitrogen and oxygen atoms in total. The van der Waals surface area contributed by atoms with Gasteiger partial charge in [0.25, 0.3) is 0 Å². The number of methoxy groups -OCH3 is 1. The lowest BCUT2D eigenvalue weighted by molar-refractivity contribution is 0.390. The fraction of sp³-hybridized carbons (Fsp3) is 0.294. The zero-order chi connectivity index (χ0) is 16.4. The van der Waals surface area contributed by atoms with Crippen LogP contribution in [0.15, 0.2) is 53.4 Å². The molecule has 0 saturated carbocycles. The number of hydrogen-bond donors (Lipinski definition) is 0. The largest absolute Gasteiger partial charge is 0.497 e. The summed E-state index contributed by atoms with van der Waals surface area (Å²) in [5, 5.41) is 0. The first kappa shape index (κ1) is 16.0. The van der Waals surface area contributed by atoms with Gasteiger partial charge in [-0.3, -0.25) is 0 Å². The number of halogens is 1. The van der Waals surface area contributed by atoms with Crippen LogP contribution in [-0.4, -0.2) is 26.4 Å². The predicted molar refractivity (Wildman–Crippen MR) is 85.3 cm³/mol. The normalized spacial score (nSPS) is 19.0. The number of rotatable bonds is 4. The minimum absolute atomic E-state index is 0.119. The molecule has 2 aromatic rings. The summed E-state index contributed by atoms with van der Waals surface area (Å²) in [7, 11) is -2.06.